The smallest absolute Gasteiger partial charge is 0.208 e. The zero-order chi connectivity index (χ0) is 11.9. The summed E-state index contributed by atoms with van der Waals surface area (Å²) in [6, 6.07) is 1.35. The van der Waals surface area contributed by atoms with Crippen LogP contribution in [0.5, 0.6) is 0 Å². The second-order valence-electron chi connectivity index (χ2n) is 3.59. The minimum absolute atomic E-state index is 0.113. The third-order valence-corrected chi connectivity index (χ3v) is 4.61. The van der Waals surface area contributed by atoms with Crippen molar-refractivity contribution in [2.45, 2.75) is 23.8 Å². The van der Waals surface area contributed by atoms with Gasteiger partial charge in [0.1, 0.15) is 16.5 Å². The number of nitrogens with one attached hydrogen (secondary N) is 1. The molecule has 0 bridgehead atoms. The molecule has 0 saturated heterocycles. The van der Waals surface area contributed by atoms with Crippen LogP contribution in [0.3, 0.4) is 0 Å². The van der Waals surface area contributed by atoms with E-state index >= 15 is 0 Å². The van der Waals surface area contributed by atoms with Crippen molar-refractivity contribution in [2.24, 2.45) is 0 Å². The van der Waals surface area contributed by atoms with Gasteiger partial charge in [-0.1, -0.05) is 0 Å². The SMILES string of the molecule is O=S(=O)(NC1CC1)c1c(F)cc(F)cc1Br. The predicted molar refractivity (Wildman–Crippen MR) is 57.4 cm³/mol. The van der Waals surface area contributed by atoms with E-state index in [0.29, 0.717) is 6.07 Å². The summed E-state index contributed by atoms with van der Waals surface area (Å²) < 4.78 is 51.9. The van der Waals surface area contributed by atoms with E-state index in [1.165, 1.54) is 0 Å². The molecular weight excluding hydrogens is 304 g/mol. The molecule has 0 unspecified atom stereocenters. The molecule has 16 heavy (non-hydrogen) atoms. The Morgan fingerprint density at radius 2 is 1.94 bits per heavy atom. The van der Waals surface area contributed by atoms with Crippen molar-refractivity contribution in [1.29, 1.82) is 0 Å². The Morgan fingerprint density at radius 1 is 1.31 bits per heavy atom. The fourth-order valence-electron chi connectivity index (χ4n) is 1.27. The lowest BCUT2D eigenvalue weighted by Gasteiger charge is -2.08. The summed E-state index contributed by atoms with van der Waals surface area (Å²) in [5, 5.41) is 0. The highest BCUT2D eigenvalue weighted by Gasteiger charge is 2.31. The van der Waals surface area contributed by atoms with Crippen molar-refractivity contribution in [3.05, 3.63) is 28.2 Å². The average molecular weight is 312 g/mol. The van der Waals surface area contributed by atoms with E-state index in [0.717, 1.165) is 18.9 Å². The molecule has 0 heterocycles. The molecule has 0 radical (unpaired) electrons. The standard InChI is InChI=1S/C9H8BrF2NO2S/c10-7-3-5(11)4-8(12)9(7)16(14,15)13-6-1-2-6/h3-4,6,13H,1-2H2. The van der Waals surface area contributed by atoms with Gasteiger partial charge in [-0.05, 0) is 34.8 Å². The Morgan fingerprint density at radius 3 is 2.44 bits per heavy atom. The van der Waals surface area contributed by atoms with Gasteiger partial charge in [-0.3, -0.25) is 0 Å². The van der Waals surface area contributed by atoms with Gasteiger partial charge in [0.05, 0.1) is 0 Å². The molecule has 0 aromatic heterocycles. The van der Waals surface area contributed by atoms with Crippen molar-refractivity contribution in [3.63, 3.8) is 0 Å². The maximum atomic E-state index is 13.4. The first-order valence-electron chi connectivity index (χ1n) is 4.57. The molecule has 1 aliphatic rings. The molecule has 1 saturated carbocycles. The van der Waals surface area contributed by atoms with E-state index in [1.54, 1.807) is 0 Å². The monoisotopic (exact) mass is 311 g/mol. The molecule has 2 rings (SSSR count). The van der Waals surface area contributed by atoms with Gasteiger partial charge in [-0.2, -0.15) is 0 Å². The summed E-state index contributed by atoms with van der Waals surface area (Å²) >= 11 is 2.84. The molecule has 1 aliphatic carbocycles. The van der Waals surface area contributed by atoms with Crippen LogP contribution in [-0.4, -0.2) is 14.5 Å². The fourth-order valence-corrected chi connectivity index (χ4v) is 3.74. The van der Waals surface area contributed by atoms with Crippen LogP contribution in [0, 0.1) is 11.6 Å². The van der Waals surface area contributed by atoms with E-state index in [9.17, 15) is 17.2 Å². The largest absolute Gasteiger partial charge is 0.244 e. The van der Waals surface area contributed by atoms with E-state index < -0.39 is 26.6 Å². The van der Waals surface area contributed by atoms with Gasteiger partial charge >= 0.3 is 0 Å². The third-order valence-electron chi connectivity index (χ3n) is 2.13. The van der Waals surface area contributed by atoms with Gasteiger partial charge in [0.2, 0.25) is 10.0 Å². The molecule has 88 valence electrons. The summed E-state index contributed by atoms with van der Waals surface area (Å²) in [6.07, 6.45) is 1.50. The van der Waals surface area contributed by atoms with Crippen LogP contribution < -0.4 is 4.72 Å². The van der Waals surface area contributed by atoms with Crippen molar-refractivity contribution in [2.75, 3.05) is 0 Å². The molecule has 1 fully saturated rings. The molecule has 7 heteroatoms. The van der Waals surface area contributed by atoms with Gasteiger partial charge in [0.25, 0.3) is 0 Å². The average Bonchev–Trinajstić information content (AvgIpc) is 2.83. The number of halogens is 3. The zero-order valence-electron chi connectivity index (χ0n) is 8.00. The van der Waals surface area contributed by atoms with Crippen molar-refractivity contribution < 1.29 is 17.2 Å². The Hall–Kier alpha value is -0.530. The lowest BCUT2D eigenvalue weighted by atomic mass is 10.3. The molecule has 0 aliphatic heterocycles. The summed E-state index contributed by atoms with van der Waals surface area (Å²) in [7, 11) is -3.91. The van der Waals surface area contributed by atoms with Crippen LogP contribution in [0.15, 0.2) is 21.5 Å². The highest BCUT2D eigenvalue weighted by molar-refractivity contribution is 9.10. The lowest BCUT2D eigenvalue weighted by molar-refractivity contribution is 0.540. The summed E-state index contributed by atoms with van der Waals surface area (Å²) in [4.78, 5) is -0.541. The van der Waals surface area contributed by atoms with Crippen LogP contribution in [-0.2, 0) is 10.0 Å². The lowest BCUT2D eigenvalue weighted by Crippen LogP contribution is -2.27. The van der Waals surface area contributed by atoms with Gasteiger partial charge in [-0.15, -0.1) is 0 Å². The Bertz CT molecular complexity index is 505. The number of hydrogen-bond donors (Lipinski definition) is 1. The normalized spacial score (nSPS) is 16.4. The second kappa shape index (κ2) is 4.05. The molecule has 1 N–H and O–H groups in total. The minimum Gasteiger partial charge on any atom is -0.208 e. The number of hydrogen-bond acceptors (Lipinski definition) is 2. The molecular formula is C9H8BrF2NO2S. The van der Waals surface area contributed by atoms with E-state index in [1.807, 2.05) is 0 Å². The Kier molecular flexibility index (Phi) is 3.02. The van der Waals surface area contributed by atoms with E-state index in [2.05, 4.69) is 20.7 Å². The molecule has 0 atom stereocenters. The summed E-state index contributed by atoms with van der Waals surface area (Å²) in [6.45, 7) is 0. The number of rotatable bonds is 3. The first-order valence-corrected chi connectivity index (χ1v) is 6.84. The molecule has 1 aromatic carbocycles. The summed E-state index contributed by atoms with van der Waals surface area (Å²) in [5.41, 5.74) is 0. The number of sulfonamides is 1. The van der Waals surface area contributed by atoms with Gasteiger partial charge in [0.15, 0.2) is 0 Å². The topological polar surface area (TPSA) is 46.2 Å². The molecule has 0 amide bonds. The Labute approximate surface area is 100 Å². The van der Waals surface area contributed by atoms with Crippen molar-refractivity contribution in [1.82, 2.24) is 4.72 Å². The maximum absolute atomic E-state index is 13.4. The zero-order valence-corrected chi connectivity index (χ0v) is 10.4. The van der Waals surface area contributed by atoms with Crippen LogP contribution >= 0.6 is 15.9 Å². The van der Waals surface area contributed by atoms with E-state index in [4.69, 9.17) is 0 Å². The van der Waals surface area contributed by atoms with Gasteiger partial charge in [-0.25, -0.2) is 21.9 Å². The molecule has 3 nitrogen and oxygen atoms in total. The van der Waals surface area contributed by atoms with E-state index in [-0.39, 0.29) is 10.5 Å². The van der Waals surface area contributed by atoms with Crippen LogP contribution in [0.4, 0.5) is 8.78 Å². The van der Waals surface area contributed by atoms with Crippen LogP contribution in [0.2, 0.25) is 0 Å². The van der Waals surface area contributed by atoms with Gasteiger partial charge < -0.3 is 0 Å². The van der Waals surface area contributed by atoms with Crippen LogP contribution in [0.25, 0.3) is 0 Å². The van der Waals surface area contributed by atoms with Crippen molar-refractivity contribution in [3.8, 4) is 0 Å². The minimum atomic E-state index is -3.91. The molecule has 0 spiro atoms. The third kappa shape index (κ3) is 2.41. The number of benzene rings is 1. The highest BCUT2D eigenvalue weighted by Crippen LogP contribution is 2.28. The molecule has 1 aromatic rings. The van der Waals surface area contributed by atoms with Crippen LogP contribution in [0.1, 0.15) is 12.8 Å². The summed E-state index contributed by atoms with van der Waals surface area (Å²) in [5.74, 6) is -1.92. The Balaban J connectivity index is 2.46. The predicted octanol–water partition coefficient (Wildman–Crippen LogP) is 2.17. The quantitative estimate of drug-likeness (QED) is 0.930. The highest BCUT2D eigenvalue weighted by atomic mass is 79.9. The first kappa shape index (κ1) is 11.9. The fraction of sp³-hybridized carbons (Fsp3) is 0.333. The van der Waals surface area contributed by atoms with Crippen molar-refractivity contribution >= 4 is 26.0 Å². The maximum Gasteiger partial charge on any atom is 0.244 e. The first-order chi connectivity index (χ1) is 7.40. The van der Waals surface area contributed by atoms with Gasteiger partial charge in [0, 0.05) is 16.6 Å². The second-order valence-corrected chi connectivity index (χ2v) is 6.10.